The first-order valence-corrected chi connectivity index (χ1v) is 9.58. The first-order chi connectivity index (χ1) is 13.7. The predicted molar refractivity (Wildman–Crippen MR) is 115 cm³/mol. The Morgan fingerprint density at radius 3 is 2.59 bits per heavy atom. The number of rotatable bonds is 9. The number of aromatic amines is 1. The molecule has 0 aliphatic carbocycles. The van der Waals surface area contributed by atoms with Gasteiger partial charge >= 0.3 is 0 Å². The van der Waals surface area contributed by atoms with Crippen LogP contribution in [0.4, 0.5) is 0 Å². The van der Waals surface area contributed by atoms with Crippen molar-refractivity contribution in [2.24, 2.45) is 0 Å². The Morgan fingerprint density at radius 1 is 1.14 bits per heavy atom. The van der Waals surface area contributed by atoms with Gasteiger partial charge in [0.25, 0.3) is 0 Å². The van der Waals surface area contributed by atoms with Crippen LogP contribution in [0.3, 0.4) is 0 Å². The molecular formula is C21H26ClN5O2. The topological polar surface area (TPSA) is 98.1 Å². The van der Waals surface area contributed by atoms with Crippen molar-refractivity contribution >= 4 is 23.3 Å². The summed E-state index contributed by atoms with van der Waals surface area (Å²) in [5.41, 5.74) is 2.35. The Labute approximate surface area is 176 Å². The maximum atomic E-state index is 10.4. The average molecular weight is 416 g/mol. The molecule has 29 heavy (non-hydrogen) atoms. The smallest absolute Gasteiger partial charge is 0.216 e. The lowest BCUT2D eigenvalue weighted by Crippen LogP contribution is -2.30. The number of nitriles is 1. The molecule has 0 aliphatic heterocycles. The number of fused-ring (bicyclic) bond motifs is 1. The zero-order chi connectivity index (χ0) is 19.9. The highest BCUT2D eigenvalue weighted by Crippen LogP contribution is 2.36. The van der Waals surface area contributed by atoms with Crippen molar-refractivity contribution in [3.63, 3.8) is 0 Å². The molecule has 0 spiro atoms. The minimum Gasteiger partial charge on any atom is -0.494 e. The van der Waals surface area contributed by atoms with Crippen molar-refractivity contribution in [1.29, 1.82) is 5.26 Å². The maximum absolute atomic E-state index is 10.4. The number of nitrogens with one attached hydrogen (secondary N) is 1. The minimum absolute atomic E-state index is 0. The normalized spacial score (nSPS) is 10.7. The lowest BCUT2D eigenvalue weighted by Gasteiger charge is -2.20. The first-order valence-electron chi connectivity index (χ1n) is 9.58. The van der Waals surface area contributed by atoms with Gasteiger partial charge in [-0.3, -0.25) is 4.90 Å². The highest BCUT2D eigenvalue weighted by Gasteiger charge is 2.16. The molecule has 0 saturated heterocycles. The van der Waals surface area contributed by atoms with Gasteiger partial charge in [0.15, 0.2) is 5.88 Å². The molecule has 2 aromatic heterocycles. The molecule has 2 N–H and O–H groups in total. The minimum atomic E-state index is 0. The number of aromatic nitrogens is 3. The van der Waals surface area contributed by atoms with E-state index in [9.17, 15) is 5.11 Å². The largest absolute Gasteiger partial charge is 0.494 e. The summed E-state index contributed by atoms with van der Waals surface area (Å²) in [5, 5.41) is 20.2. The molecule has 0 aliphatic rings. The Hall–Kier alpha value is -2.82. The molecule has 154 valence electrons. The van der Waals surface area contributed by atoms with Gasteiger partial charge < -0.3 is 14.8 Å². The van der Waals surface area contributed by atoms with E-state index in [1.165, 1.54) is 6.33 Å². The molecule has 0 amide bonds. The van der Waals surface area contributed by atoms with E-state index in [0.29, 0.717) is 34.8 Å². The zero-order valence-electron chi connectivity index (χ0n) is 16.7. The van der Waals surface area contributed by atoms with Gasteiger partial charge in [-0.2, -0.15) is 5.26 Å². The maximum Gasteiger partial charge on any atom is 0.216 e. The molecule has 7 nitrogen and oxygen atoms in total. The van der Waals surface area contributed by atoms with Crippen LogP contribution in [0.15, 0.2) is 30.6 Å². The second-order valence-electron chi connectivity index (χ2n) is 6.65. The van der Waals surface area contributed by atoms with Crippen LogP contribution in [0.5, 0.6) is 11.8 Å². The number of benzene rings is 1. The lowest BCUT2D eigenvalue weighted by molar-refractivity contribution is 0.205. The molecule has 0 bridgehead atoms. The van der Waals surface area contributed by atoms with Gasteiger partial charge in [0.05, 0.1) is 28.4 Å². The van der Waals surface area contributed by atoms with Crippen molar-refractivity contribution in [3.05, 3.63) is 36.2 Å². The van der Waals surface area contributed by atoms with Gasteiger partial charge in [0, 0.05) is 18.0 Å². The molecule has 2 heterocycles. The van der Waals surface area contributed by atoms with Crippen LogP contribution in [-0.4, -0.2) is 51.2 Å². The van der Waals surface area contributed by atoms with Crippen molar-refractivity contribution in [3.8, 4) is 29.1 Å². The third-order valence-corrected chi connectivity index (χ3v) is 4.54. The number of aromatic hydroxyl groups is 1. The summed E-state index contributed by atoms with van der Waals surface area (Å²) in [6.45, 7) is 7.85. The van der Waals surface area contributed by atoms with E-state index in [0.717, 1.165) is 37.9 Å². The van der Waals surface area contributed by atoms with E-state index in [1.54, 1.807) is 24.3 Å². The molecule has 8 heteroatoms. The molecule has 3 rings (SSSR count). The number of halogens is 1. The van der Waals surface area contributed by atoms with E-state index in [2.05, 4.69) is 39.8 Å². The van der Waals surface area contributed by atoms with Crippen molar-refractivity contribution < 1.29 is 9.84 Å². The van der Waals surface area contributed by atoms with Gasteiger partial charge in [0.1, 0.15) is 12.9 Å². The van der Waals surface area contributed by atoms with E-state index in [4.69, 9.17) is 10.00 Å². The Balaban J connectivity index is 0.00000300. The van der Waals surface area contributed by atoms with Crippen LogP contribution in [0.2, 0.25) is 0 Å². The predicted octanol–water partition coefficient (Wildman–Crippen LogP) is 4.12. The molecule has 0 radical (unpaired) electrons. The van der Waals surface area contributed by atoms with Crippen LogP contribution >= 0.6 is 12.4 Å². The van der Waals surface area contributed by atoms with Gasteiger partial charge in [-0.15, -0.1) is 12.4 Å². The average Bonchev–Trinajstić information content (AvgIpc) is 3.03. The van der Waals surface area contributed by atoms with Gasteiger partial charge in [-0.05, 0) is 38.1 Å². The molecular weight excluding hydrogens is 390 g/mol. The molecule has 0 atom stereocenters. The quantitative estimate of drug-likeness (QED) is 0.545. The Bertz CT molecular complexity index is 977. The molecule has 3 aromatic rings. The number of H-pyrrole nitrogens is 1. The second-order valence-corrected chi connectivity index (χ2v) is 6.65. The summed E-state index contributed by atoms with van der Waals surface area (Å²) < 4.78 is 5.83. The monoisotopic (exact) mass is 415 g/mol. The highest BCUT2D eigenvalue weighted by molar-refractivity contribution is 5.98. The fourth-order valence-corrected chi connectivity index (χ4v) is 3.31. The van der Waals surface area contributed by atoms with Crippen LogP contribution < -0.4 is 4.74 Å². The third-order valence-electron chi connectivity index (χ3n) is 4.54. The van der Waals surface area contributed by atoms with E-state index in [1.807, 2.05) is 0 Å². The summed E-state index contributed by atoms with van der Waals surface area (Å²) in [6.07, 6.45) is 3.67. The molecule has 0 saturated carbocycles. The second kappa shape index (κ2) is 10.6. The van der Waals surface area contributed by atoms with Crippen molar-refractivity contribution in [2.75, 3.05) is 26.2 Å². The van der Waals surface area contributed by atoms with Crippen LogP contribution in [0.1, 0.15) is 32.3 Å². The summed E-state index contributed by atoms with van der Waals surface area (Å²) >= 11 is 0. The molecule has 0 fully saturated rings. The Kier molecular flexibility index (Phi) is 8.25. The number of ether oxygens (including phenoxy) is 1. The van der Waals surface area contributed by atoms with Crippen LogP contribution in [-0.2, 0) is 0 Å². The van der Waals surface area contributed by atoms with E-state index >= 15 is 0 Å². The Morgan fingerprint density at radius 2 is 1.90 bits per heavy atom. The van der Waals surface area contributed by atoms with E-state index in [-0.39, 0.29) is 18.3 Å². The standard InChI is InChI=1S/C21H25N5O2.ClH/c1-3-7-26(8-4-2)9-10-28-19-12-18(23-14-24-19)20-16-6-5-15(13-22)11-17(16)25-21(20)27;/h5-6,11-12,14,25,27H,3-4,7-10H2,1-2H3;1H. The van der Waals surface area contributed by atoms with Crippen molar-refractivity contribution in [1.82, 2.24) is 19.9 Å². The summed E-state index contributed by atoms with van der Waals surface area (Å²) in [4.78, 5) is 13.8. The molecule has 0 unspecified atom stereocenters. The number of hydrogen-bond donors (Lipinski definition) is 2. The fraction of sp³-hybridized carbons (Fsp3) is 0.381. The number of nitrogens with zero attached hydrogens (tertiary/aromatic N) is 4. The summed E-state index contributed by atoms with van der Waals surface area (Å²) in [5.74, 6) is 0.479. The SMILES string of the molecule is CCCN(CCC)CCOc1cc(-c2c(O)[nH]c3cc(C#N)ccc23)ncn1.Cl. The first kappa shape index (κ1) is 22.5. The van der Waals surface area contributed by atoms with Crippen molar-refractivity contribution in [2.45, 2.75) is 26.7 Å². The summed E-state index contributed by atoms with van der Waals surface area (Å²) in [7, 11) is 0. The van der Waals surface area contributed by atoms with Crippen LogP contribution in [0, 0.1) is 11.3 Å². The van der Waals surface area contributed by atoms with Crippen LogP contribution in [0.25, 0.3) is 22.2 Å². The third kappa shape index (κ3) is 5.37. The van der Waals surface area contributed by atoms with Gasteiger partial charge in [0.2, 0.25) is 5.88 Å². The van der Waals surface area contributed by atoms with Gasteiger partial charge in [-0.25, -0.2) is 9.97 Å². The summed E-state index contributed by atoms with van der Waals surface area (Å²) in [6, 6.07) is 9.04. The molecule has 1 aromatic carbocycles. The van der Waals surface area contributed by atoms with E-state index < -0.39 is 0 Å². The fourth-order valence-electron chi connectivity index (χ4n) is 3.31. The zero-order valence-corrected chi connectivity index (χ0v) is 17.5. The highest BCUT2D eigenvalue weighted by atomic mass is 35.5. The lowest BCUT2D eigenvalue weighted by atomic mass is 10.1. The number of hydrogen-bond acceptors (Lipinski definition) is 6. The van der Waals surface area contributed by atoms with Gasteiger partial charge in [-0.1, -0.05) is 19.9 Å².